The van der Waals surface area contributed by atoms with E-state index in [2.05, 4.69) is 10.3 Å². The van der Waals surface area contributed by atoms with Crippen molar-refractivity contribution in [2.75, 3.05) is 6.54 Å². The van der Waals surface area contributed by atoms with Crippen LogP contribution in [0, 0.1) is 6.92 Å². The molecule has 1 aromatic heterocycles. The molecule has 2 rings (SSSR count). The molecule has 0 radical (unpaired) electrons. The number of aliphatic hydroxyl groups excluding tert-OH is 1. The number of hydrogen-bond acceptors (Lipinski definition) is 4. The largest absolute Gasteiger partial charge is 0.392 e. The molecule has 1 unspecified atom stereocenters. The minimum atomic E-state index is -0.550. The van der Waals surface area contributed by atoms with E-state index in [1.807, 2.05) is 37.3 Å². The molecule has 0 aliphatic rings. The number of hydrogen-bond donors (Lipinski definition) is 2. The van der Waals surface area contributed by atoms with Gasteiger partial charge in [0.25, 0.3) is 5.91 Å². The van der Waals surface area contributed by atoms with Crippen molar-refractivity contribution in [3.8, 4) is 10.6 Å². The predicted octanol–water partition coefficient (Wildman–Crippen LogP) is 2.23. The first-order valence-electron chi connectivity index (χ1n) is 6.07. The van der Waals surface area contributed by atoms with Gasteiger partial charge in [0.15, 0.2) is 0 Å². The molecule has 1 aromatic carbocycles. The number of carbonyl (C=O) groups is 1. The molecule has 1 heterocycles. The molecule has 0 bridgehead atoms. The molecule has 1 amide bonds. The molecule has 2 aromatic rings. The maximum atomic E-state index is 12.0. The van der Waals surface area contributed by atoms with Crippen LogP contribution in [0.5, 0.6) is 0 Å². The maximum absolute atomic E-state index is 12.0. The van der Waals surface area contributed by atoms with Gasteiger partial charge in [-0.05, 0) is 13.8 Å². The summed E-state index contributed by atoms with van der Waals surface area (Å²) in [6.07, 6.45) is -0.550. The van der Waals surface area contributed by atoms with Crippen LogP contribution in [0.15, 0.2) is 30.3 Å². The van der Waals surface area contributed by atoms with Crippen molar-refractivity contribution < 1.29 is 9.90 Å². The molecule has 2 N–H and O–H groups in total. The number of carbonyl (C=O) groups excluding carboxylic acids is 1. The third kappa shape index (κ3) is 3.39. The normalized spacial score (nSPS) is 12.2. The fraction of sp³-hybridized carbons (Fsp3) is 0.286. The molecular weight excluding hydrogens is 260 g/mol. The maximum Gasteiger partial charge on any atom is 0.263 e. The molecule has 0 saturated heterocycles. The average molecular weight is 276 g/mol. The molecule has 0 fully saturated rings. The second kappa shape index (κ2) is 5.95. The Morgan fingerprint density at radius 2 is 2.11 bits per heavy atom. The zero-order valence-electron chi connectivity index (χ0n) is 10.9. The minimum Gasteiger partial charge on any atom is -0.392 e. The van der Waals surface area contributed by atoms with Gasteiger partial charge in [0.05, 0.1) is 11.8 Å². The Kier molecular flexibility index (Phi) is 4.29. The lowest BCUT2D eigenvalue weighted by Crippen LogP contribution is -2.30. The number of benzene rings is 1. The highest BCUT2D eigenvalue weighted by Crippen LogP contribution is 2.27. The molecule has 5 heteroatoms. The van der Waals surface area contributed by atoms with Gasteiger partial charge >= 0.3 is 0 Å². The van der Waals surface area contributed by atoms with E-state index in [-0.39, 0.29) is 12.5 Å². The zero-order valence-corrected chi connectivity index (χ0v) is 11.7. The smallest absolute Gasteiger partial charge is 0.263 e. The van der Waals surface area contributed by atoms with Crippen LogP contribution in [0.4, 0.5) is 0 Å². The number of aromatic nitrogens is 1. The van der Waals surface area contributed by atoms with Gasteiger partial charge in [-0.25, -0.2) is 4.98 Å². The SMILES string of the molecule is Cc1nc(-c2ccccc2)sc1C(=O)NCC(C)O. The molecule has 4 nitrogen and oxygen atoms in total. The van der Waals surface area contributed by atoms with Gasteiger partial charge in [0.1, 0.15) is 9.88 Å². The van der Waals surface area contributed by atoms with Crippen molar-refractivity contribution in [2.45, 2.75) is 20.0 Å². The summed E-state index contributed by atoms with van der Waals surface area (Å²) in [5.74, 6) is -0.182. The predicted molar refractivity (Wildman–Crippen MR) is 76.3 cm³/mol. The molecule has 0 saturated carbocycles. The van der Waals surface area contributed by atoms with Crippen molar-refractivity contribution in [3.63, 3.8) is 0 Å². The van der Waals surface area contributed by atoms with Crippen molar-refractivity contribution in [2.24, 2.45) is 0 Å². The lowest BCUT2D eigenvalue weighted by Gasteiger charge is -2.05. The fourth-order valence-corrected chi connectivity index (χ4v) is 2.62. The van der Waals surface area contributed by atoms with Crippen molar-refractivity contribution >= 4 is 17.2 Å². The number of aliphatic hydroxyl groups is 1. The standard InChI is InChI=1S/C14H16N2O2S/c1-9(17)8-15-13(18)12-10(2)16-14(19-12)11-6-4-3-5-7-11/h3-7,9,17H,8H2,1-2H3,(H,15,18). The number of nitrogens with zero attached hydrogens (tertiary/aromatic N) is 1. The number of thiazole rings is 1. The van der Waals surface area contributed by atoms with E-state index in [0.29, 0.717) is 10.6 Å². The summed E-state index contributed by atoms with van der Waals surface area (Å²) in [4.78, 5) is 17.0. The highest BCUT2D eigenvalue weighted by Gasteiger charge is 2.16. The number of amides is 1. The summed E-state index contributed by atoms with van der Waals surface area (Å²) >= 11 is 1.37. The number of rotatable bonds is 4. The quantitative estimate of drug-likeness (QED) is 0.900. The van der Waals surface area contributed by atoms with E-state index < -0.39 is 6.10 Å². The summed E-state index contributed by atoms with van der Waals surface area (Å²) in [5, 5.41) is 12.7. The molecule has 0 aliphatic heterocycles. The van der Waals surface area contributed by atoms with Crippen LogP contribution in [0.1, 0.15) is 22.3 Å². The Morgan fingerprint density at radius 3 is 2.74 bits per heavy atom. The van der Waals surface area contributed by atoms with E-state index in [0.717, 1.165) is 10.6 Å². The second-order valence-electron chi connectivity index (χ2n) is 4.36. The summed E-state index contributed by atoms with van der Waals surface area (Å²) in [6.45, 7) is 3.70. The topological polar surface area (TPSA) is 62.2 Å². The molecule has 19 heavy (non-hydrogen) atoms. The van der Waals surface area contributed by atoms with Crippen LogP contribution in [-0.4, -0.2) is 28.6 Å². The molecular formula is C14H16N2O2S. The highest BCUT2D eigenvalue weighted by molar-refractivity contribution is 7.17. The van der Waals surface area contributed by atoms with E-state index in [1.165, 1.54) is 11.3 Å². The Hall–Kier alpha value is -1.72. The first-order valence-corrected chi connectivity index (χ1v) is 6.88. The summed E-state index contributed by atoms with van der Waals surface area (Å²) in [6, 6.07) is 9.77. The van der Waals surface area contributed by atoms with Gasteiger partial charge in [-0.1, -0.05) is 30.3 Å². The van der Waals surface area contributed by atoms with Gasteiger partial charge in [0, 0.05) is 12.1 Å². The molecule has 0 spiro atoms. The summed E-state index contributed by atoms with van der Waals surface area (Å²) in [7, 11) is 0. The molecule has 1 atom stereocenters. The minimum absolute atomic E-state index is 0.182. The van der Waals surface area contributed by atoms with Crippen LogP contribution in [-0.2, 0) is 0 Å². The van der Waals surface area contributed by atoms with Gasteiger partial charge in [-0.2, -0.15) is 0 Å². The van der Waals surface area contributed by atoms with Crippen LogP contribution in [0.25, 0.3) is 10.6 Å². The van der Waals surface area contributed by atoms with Crippen molar-refractivity contribution in [1.29, 1.82) is 0 Å². The van der Waals surface area contributed by atoms with E-state index in [4.69, 9.17) is 0 Å². The first-order chi connectivity index (χ1) is 9.08. The third-order valence-electron chi connectivity index (χ3n) is 2.58. The lowest BCUT2D eigenvalue weighted by atomic mass is 10.2. The first kappa shape index (κ1) is 13.7. The zero-order chi connectivity index (χ0) is 13.8. The summed E-state index contributed by atoms with van der Waals surface area (Å²) in [5.41, 5.74) is 1.72. The third-order valence-corrected chi connectivity index (χ3v) is 3.79. The van der Waals surface area contributed by atoms with Gasteiger partial charge in [0.2, 0.25) is 0 Å². The number of nitrogens with one attached hydrogen (secondary N) is 1. The van der Waals surface area contributed by atoms with E-state index in [1.54, 1.807) is 6.92 Å². The van der Waals surface area contributed by atoms with Gasteiger partial charge < -0.3 is 10.4 Å². The van der Waals surface area contributed by atoms with Crippen LogP contribution < -0.4 is 5.32 Å². The Morgan fingerprint density at radius 1 is 1.42 bits per heavy atom. The monoisotopic (exact) mass is 276 g/mol. The average Bonchev–Trinajstić information content (AvgIpc) is 2.79. The van der Waals surface area contributed by atoms with Crippen LogP contribution in [0.2, 0.25) is 0 Å². The van der Waals surface area contributed by atoms with E-state index >= 15 is 0 Å². The summed E-state index contributed by atoms with van der Waals surface area (Å²) < 4.78 is 0. The Bertz CT molecular complexity index is 564. The van der Waals surface area contributed by atoms with Crippen molar-refractivity contribution in [3.05, 3.63) is 40.9 Å². The molecule has 100 valence electrons. The number of aryl methyl sites for hydroxylation is 1. The lowest BCUT2D eigenvalue weighted by molar-refractivity contribution is 0.0927. The van der Waals surface area contributed by atoms with Gasteiger partial charge in [-0.15, -0.1) is 11.3 Å². The van der Waals surface area contributed by atoms with Gasteiger partial charge in [-0.3, -0.25) is 4.79 Å². The van der Waals surface area contributed by atoms with Crippen LogP contribution in [0.3, 0.4) is 0 Å². The highest BCUT2D eigenvalue weighted by atomic mass is 32.1. The Balaban J connectivity index is 2.20. The second-order valence-corrected chi connectivity index (χ2v) is 5.36. The molecule has 0 aliphatic carbocycles. The van der Waals surface area contributed by atoms with Crippen molar-refractivity contribution in [1.82, 2.24) is 10.3 Å². The Labute approximate surface area is 116 Å². The van der Waals surface area contributed by atoms with Crippen LogP contribution >= 0.6 is 11.3 Å². The fourth-order valence-electron chi connectivity index (χ4n) is 1.63. The van der Waals surface area contributed by atoms with E-state index in [9.17, 15) is 9.90 Å².